The predicted octanol–water partition coefficient (Wildman–Crippen LogP) is 2.15. The van der Waals surface area contributed by atoms with Crippen LogP contribution in [0.25, 0.3) is 10.9 Å². The maximum Gasteiger partial charge on any atom is 0.255 e. The Morgan fingerprint density at radius 1 is 1.09 bits per heavy atom. The van der Waals surface area contributed by atoms with Crippen molar-refractivity contribution in [3.05, 3.63) is 29.5 Å². The monoisotopic (exact) mass is 310 g/mol. The van der Waals surface area contributed by atoms with E-state index in [0.29, 0.717) is 24.7 Å². The van der Waals surface area contributed by atoms with Crippen LogP contribution in [0.2, 0.25) is 0 Å². The van der Waals surface area contributed by atoms with Crippen LogP contribution in [-0.4, -0.2) is 50.7 Å². The summed E-state index contributed by atoms with van der Waals surface area (Å²) in [5, 5.41) is 5.74. The van der Waals surface area contributed by atoms with Gasteiger partial charge >= 0.3 is 0 Å². The summed E-state index contributed by atoms with van der Waals surface area (Å²) in [6.07, 6.45) is 4.78. The molecule has 1 aromatic carbocycles. The molecule has 5 heteroatoms. The highest BCUT2D eigenvalue weighted by atomic mass is 16.2. The summed E-state index contributed by atoms with van der Waals surface area (Å²) in [7, 11) is 4.21. The topological polar surface area (TPSA) is 41.4 Å². The van der Waals surface area contributed by atoms with Gasteiger partial charge < -0.3 is 9.80 Å². The molecular weight excluding hydrogens is 288 g/mol. The van der Waals surface area contributed by atoms with Crippen LogP contribution in [0.3, 0.4) is 0 Å². The Balaban J connectivity index is 1.54. The third kappa shape index (κ3) is 1.77. The molecule has 3 aliphatic heterocycles. The lowest BCUT2D eigenvalue weighted by Gasteiger charge is -2.42. The first-order valence-electron chi connectivity index (χ1n) is 8.61. The minimum atomic E-state index is 0.199. The van der Waals surface area contributed by atoms with Gasteiger partial charge in [-0.25, -0.2) is 0 Å². The van der Waals surface area contributed by atoms with Gasteiger partial charge in [0, 0.05) is 30.6 Å². The molecule has 2 aromatic rings. The van der Waals surface area contributed by atoms with Crippen molar-refractivity contribution >= 4 is 16.8 Å². The van der Waals surface area contributed by atoms with E-state index >= 15 is 0 Å². The Kier molecular flexibility index (Phi) is 2.69. The lowest BCUT2D eigenvalue weighted by atomic mass is 9.93. The number of benzene rings is 1. The standard InChI is InChI=1S/C18H22N4O/c1-20-11-6-7-12(20)9-13(8-11)22-10-15-17-14(18(22)23)4-3-5-16(17)21(2)19-15/h3-5,11-13H,6-10H2,1-2H3. The quantitative estimate of drug-likeness (QED) is 0.810. The molecule has 4 heterocycles. The van der Waals surface area contributed by atoms with Gasteiger partial charge in [0.05, 0.1) is 23.3 Å². The summed E-state index contributed by atoms with van der Waals surface area (Å²) < 4.78 is 1.91. The first kappa shape index (κ1) is 13.5. The third-order valence-electron chi connectivity index (χ3n) is 6.28. The highest BCUT2D eigenvalue weighted by molar-refractivity contribution is 6.09. The van der Waals surface area contributed by atoms with Crippen molar-refractivity contribution in [3.63, 3.8) is 0 Å². The van der Waals surface area contributed by atoms with Crippen LogP contribution in [0.5, 0.6) is 0 Å². The molecule has 3 aliphatic rings. The maximum atomic E-state index is 13.1. The SMILES string of the molecule is CN1C2CCC1CC(N1Cc3nn(C)c4cccc(c34)C1=O)C2. The molecule has 0 spiro atoms. The lowest BCUT2D eigenvalue weighted by molar-refractivity contribution is 0.0448. The van der Waals surface area contributed by atoms with E-state index in [4.69, 9.17) is 0 Å². The number of amides is 1. The minimum Gasteiger partial charge on any atom is -0.330 e. The Bertz CT molecular complexity index is 797. The smallest absolute Gasteiger partial charge is 0.255 e. The van der Waals surface area contributed by atoms with Crippen molar-refractivity contribution in [1.82, 2.24) is 19.6 Å². The number of carbonyl (C=O) groups excluding carboxylic acids is 1. The van der Waals surface area contributed by atoms with Gasteiger partial charge in [-0.2, -0.15) is 5.10 Å². The van der Waals surface area contributed by atoms with Crippen LogP contribution in [0.4, 0.5) is 0 Å². The van der Waals surface area contributed by atoms with E-state index in [-0.39, 0.29) is 5.91 Å². The molecule has 1 amide bonds. The molecule has 23 heavy (non-hydrogen) atoms. The number of carbonyl (C=O) groups is 1. The van der Waals surface area contributed by atoms with Crippen LogP contribution in [-0.2, 0) is 13.6 Å². The van der Waals surface area contributed by atoms with E-state index in [0.717, 1.165) is 35.0 Å². The molecule has 0 N–H and O–H groups in total. The summed E-state index contributed by atoms with van der Waals surface area (Å²) in [6.45, 7) is 0.668. The van der Waals surface area contributed by atoms with Gasteiger partial charge in [-0.15, -0.1) is 0 Å². The number of hydrogen-bond acceptors (Lipinski definition) is 3. The Morgan fingerprint density at radius 3 is 2.57 bits per heavy atom. The fourth-order valence-electron chi connectivity index (χ4n) is 5.01. The van der Waals surface area contributed by atoms with Crippen LogP contribution in [0.15, 0.2) is 18.2 Å². The zero-order valence-corrected chi connectivity index (χ0v) is 13.7. The molecule has 0 aliphatic carbocycles. The fraction of sp³-hybridized carbons (Fsp3) is 0.556. The lowest BCUT2D eigenvalue weighted by Crippen LogP contribution is -2.51. The van der Waals surface area contributed by atoms with Gasteiger partial charge in [-0.05, 0) is 44.9 Å². The normalized spacial score (nSPS) is 30.4. The second-order valence-electron chi connectivity index (χ2n) is 7.38. The molecule has 5 nitrogen and oxygen atoms in total. The van der Waals surface area contributed by atoms with Gasteiger partial charge in [-0.1, -0.05) is 6.07 Å². The molecular formula is C18H22N4O. The maximum absolute atomic E-state index is 13.1. The molecule has 0 radical (unpaired) electrons. The summed E-state index contributed by atoms with van der Waals surface area (Å²) in [6, 6.07) is 7.64. The van der Waals surface area contributed by atoms with Crippen LogP contribution in [0, 0.1) is 0 Å². The molecule has 2 bridgehead atoms. The van der Waals surface area contributed by atoms with Crippen molar-refractivity contribution in [2.45, 2.75) is 50.4 Å². The molecule has 2 atom stereocenters. The number of nitrogens with zero attached hydrogens (tertiary/aromatic N) is 4. The van der Waals surface area contributed by atoms with Gasteiger partial charge in [0.25, 0.3) is 5.91 Å². The molecule has 5 rings (SSSR count). The summed E-state index contributed by atoms with van der Waals surface area (Å²) in [4.78, 5) is 17.7. The van der Waals surface area contributed by atoms with Crippen molar-refractivity contribution in [1.29, 1.82) is 0 Å². The second kappa shape index (κ2) is 4.57. The van der Waals surface area contributed by atoms with E-state index in [9.17, 15) is 4.79 Å². The van der Waals surface area contributed by atoms with E-state index < -0.39 is 0 Å². The third-order valence-corrected chi connectivity index (χ3v) is 6.28. The van der Waals surface area contributed by atoms with Crippen molar-refractivity contribution in [2.75, 3.05) is 7.05 Å². The summed E-state index contributed by atoms with van der Waals surface area (Å²) in [5.41, 5.74) is 2.96. The Labute approximate surface area is 135 Å². The van der Waals surface area contributed by atoms with Gasteiger partial charge in [-0.3, -0.25) is 9.48 Å². The van der Waals surface area contributed by atoms with Gasteiger partial charge in [0.2, 0.25) is 0 Å². The fourth-order valence-corrected chi connectivity index (χ4v) is 5.01. The zero-order valence-electron chi connectivity index (χ0n) is 13.7. The van der Waals surface area contributed by atoms with Crippen LogP contribution in [0.1, 0.15) is 41.7 Å². The first-order valence-corrected chi connectivity index (χ1v) is 8.61. The number of aromatic nitrogens is 2. The van der Waals surface area contributed by atoms with E-state index in [1.165, 1.54) is 12.8 Å². The van der Waals surface area contributed by atoms with Crippen molar-refractivity contribution in [3.8, 4) is 0 Å². The van der Waals surface area contributed by atoms with E-state index in [2.05, 4.69) is 21.9 Å². The molecule has 2 unspecified atom stereocenters. The average Bonchev–Trinajstić information content (AvgIpc) is 2.95. The number of aryl methyl sites for hydroxylation is 1. The zero-order chi connectivity index (χ0) is 15.7. The molecule has 2 fully saturated rings. The minimum absolute atomic E-state index is 0.199. The number of fused-ring (bicyclic) bond motifs is 2. The Hall–Kier alpha value is -1.88. The second-order valence-corrected chi connectivity index (χ2v) is 7.38. The Morgan fingerprint density at radius 2 is 1.83 bits per heavy atom. The highest BCUT2D eigenvalue weighted by Crippen LogP contribution is 2.39. The predicted molar refractivity (Wildman–Crippen MR) is 88.2 cm³/mol. The first-order chi connectivity index (χ1) is 11.1. The number of rotatable bonds is 1. The van der Waals surface area contributed by atoms with Crippen LogP contribution >= 0.6 is 0 Å². The van der Waals surface area contributed by atoms with Crippen molar-refractivity contribution in [2.24, 2.45) is 7.05 Å². The largest absolute Gasteiger partial charge is 0.330 e. The molecule has 0 saturated carbocycles. The van der Waals surface area contributed by atoms with Crippen molar-refractivity contribution < 1.29 is 4.79 Å². The van der Waals surface area contributed by atoms with E-state index in [1.54, 1.807) is 0 Å². The molecule has 2 saturated heterocycles. The van der Waals surface area contributed by atoms with Crippen LogP contribution < -0.4 is 0 Å². The van der Waals surface area contributed by atoms with E-state index in [1.807, 2.05) is 29.9 Å². The average molecular weight is 310 g/mol. The number of hydrogen-bond donors (Lipinski definition) is 0. The van der Waals surface area contributed by atoms with Gasteiger partial charge in [0.15, 0.2) is 0 Å². The summed E-state index contributed by atoms with van der Waals surface area (Å²) in [5.74, 6) is 0.199. The molecule has 120 valence electrons. The number of piperidine rings is 1. The highest BCUT2D eigenvalue weighted by Gasteiger charge is 2.43. The molecule has 1 aromatic heterocycles. The van der Waals surface area contributed by atoms with Gasteiger partial charge in [0.1, 0.15) is 0 Å². The summed E-state index contributed by atoms with van der Waals surface area (Å²) >= 11 is 0.